The largest absolute Gasteiger partial charge is 0.493 e. The quantitative estimate of drug-likeness (QED) is 0.844. The number of carbonyl (C=O) groups is 1. The first kappa shape index (κ1) is 18.0. The van der Waals surface area contributed by atoms with Gasteiger partial charge in [-0.25, -0.2) is 9.97 Å². The summed E-state index contributed by atoms with van der Waals surface area (Å²) in [5.41, 5.74) is 9.05. The van der Waals surface area contributed by atoms with Crippen LogP contribution in [0.3, 0.4) is 0 Å². The Bertz CT molecular complexity index is 799. The zero-order valence-electron chi connectivity index (χ0n) is 15.3. The normalized spacial score (nSPS) is 15.7. The summed E-state index contributed by atoms with van der Waals surface area (Å²) in [6.45, 7) is 4.79. The van der Waals surface area contributed by atoms with Gasteiger partial charge in [0, 0.05) is 29.4 Å². The second-order valence-electron chi connectivity index (χ2n) is 6.54. The second kappa shape index (κ2) is 7.59. The highest BCUT2D eigenvalue weighted by atomic mass is 16.5. The van der Waals surface area contributed by atoms with E-state index in [2.05, 4.69) is 15.3 Å². The molecule has 1 amide bonds. The van der Waals surface area contributed by atoms with Crippen LogP contribution in [0.5, 0.6) is 11.5 Å². The Morgan fingerprint density at radius 1 is 1.35 bits per heavy atom. The molecule has 0 aliphatic carbocycles. The van der Waals surface area contributed by atoms with Crippen molar-refractivity contribution in [2.75, 3.05) is 26.0 Å². The van der Waals surface area contributed by atoms with Gasteiger partial charge in [0.05, 0.1) is 20.1 Å². The number of fused-ring (bicyclic) bond motifs is 1. The molecule has 0 saturated carbocycles. The molecule has 7 heteroatoms. The highest BCUT2D eigenvalue weighted by molar-refractivity contribution is 5.79. The SMILES string of the molecule is COc1cccc2c1OC[C@H](CNC(=O)Cc1c(C)nc(N)nc1C)C2. The van der Waals surface area contributed by atoms with Crippen molar-refractivity contribution in [3.05, 3.63) is 40.7 Å². The summed E-state index contributed by atoms with van der Waals surface area (Å²) < 4.78 is 11.2. The van der Waals surface area contributed by atoms with E-state index in [0.717, 1.165) is 40.4 Å². The molecule has 1 aliphatic heterocycles. The van der Waals surface area contributed by atoms with E-state index < -0.39 is 0 Å². The van der Waals surface area contributed by atoms with Gasteiger partial charge in [-0.15, -0.1) is 0 Å². The molecule has 1 atom stereocenters. The van der Waals surface area contributed by atoms with Crippen LogP contribution in [0.15, 0.2) is 18.2 Å². The molecule has 0 unspecified atom stereocenters. The molecule has 2 heterocycles. The fourth-order valence-electron chi connectivity index (χ4n) is 3.25. The minimum Gasteiger partial charge on any atom is -0.493 e. The molecular formula is C19H24N4O3. The molecular weight excluding hydrogens is 332 g/mol. The summed E-state index contributed by atoms with van der Waals surface area (Å²) in [5, 5.41) is 2.99. The number of hydrogen-bond acceptors (Lipinski definition) is 6. The van der Waals surface area contributed by atoms with Gasteiger partial charge in [-0.2, -0.15) is 0 Å². The predicted molar refractivity (Wildman–Crippen MR) is 98.3 cm³/mol. The number of methoxy groups -OCH3 is 1. The average molecular weight is 356 g/mol. The Kier molecular flexibility index (Phi) is 5.25. The number of hydrogen-bond donors (Lipinski definition) is 2. The van der Waals surface area contributed by atoms with E-state index in [1.807, 2.05) is 32.0 Å². The molecule has 7 nitrogen and oxygen atoms in total. The fourth-order valence-corrected chi connectivity index (χ4v) is 3.25. The Labute approximate surface area is 152 Å². The molecule has 0 radical (unpaired) electrons. The number of nitrogen functional groups attached to an aromatic ring is 1. The Hall–Kier alpha value is -2.83. The zero-order valence-corrected chi connectivity index (χ0v) is 15.3. The monoisotopic (exact) mass is 356 g/mol. The standard InChI is InChI=1S/C19H24N4O3/c1-11-15(12(2)23-19(20)22-11)8-17(24)21-9-13-7-14-5-4-6-16(25-3)18(14)26-10-13/h4-6,13H,7-10H2,1-3H3,(H,21,24)(H2,20,22,23)/t13-/m0/s1. The van der Waals surface area contributed by atoms with E-state index in [-0.39, 0.29) is 24.2 Å². The number of nitrogens with one attached hydrogen (secondary N) is 1. The topological polar surface area (TPSA) is 99.4 Å². The number of para-hydroxylation sites is 1. The lowest BCUT2D eigenvalue weighted by Crippen LogP contribution is -2.35. The fraction of sp³-hybridized carbons (Fsp3) is 0.421. The van der Waals surface area contributed by atoms with Gasteiger partial charge < -0.3 is 20.5 Å². The third-order valence-electron chi connectivity index (χ3n) is 4.62. The van der Waals surface area contributed by atoms with Crippen LogP contribution in [0.4, 0.5) is 5.95 Å². The van der Waals surface area contributed by atoms with E-state index in [0.29, 0.717) is 13.2 Å². The minimum atomic E-state index is -0.0546. The minimum absolute atomic E-state index is 0.0546. The van der Waals surface area contributed by atoms with Crippen molar-refractivity contribution < 1.29 is 14.3 Å². The highest BCUT2D eigenvalue weighted by Gasteiger charge is 2.23. The van der Waals surface area contributed by atoms with Crippen LogP contribution in [-0.2, 0) is 17.6 Å². The number of anilines is 1. The molecule has 2 aromatic rings. The van der Waals surface area contributed by atoms with Crippen LogP contribution in [0, 0.1) is 19.8 Å². The molecule has 3 rings (SSSR count). The third kappa shape index (κ3) is 3.87. The van der Waals surface area contributed by atoms with Crippen LogP contribution in [0.1, 0.15) is 22.5 Å². The van der Waals surface area contributed by atoms with Crippen molar-refractivity contribution >= 4 is 11.9 Å². The molecule has 1 aliphatic rings. The number of rotatable bonds is 5. The maximum atomic E-state index is 12.3. The van der Waals surface area contributed by atoms with Gasteiger partial charge >= 0.3 is 0 Å². The second-order valence-corrected chi connectivity index (χ2v) is 6.54. The summed E-state index contributed by atoms with van der Waals surface area (Å²) in [6, 6.07) is 5.87. The first-order valence-electron chi connectivity index (χ1n) is 8.63. The van der Waals surface area contributed by atoms with Gasteiger partial charge in [0.15, 0.2) is 11.5 Å². The summed E-state index contributed by atoms with van der Waals surface area (Å²) in [6.07, 6.45) is 1.09. The smallest absolute Gasteiger partial charge is 0.224 e. The van der Waals surface area contributed by atoms with Gasteiger partial charge in [0.2, 0.25) is 11.9 Å². The zero-order chi connectivity index (χ0) is 18.7. The summed E-state index contributed by atoms with van der Waals surface area (Å²) in [5.74, 6) is 1.96. The van der Waals surface area contributed by atoms with Crippen LogP contribution in [-0.4, -0.2) is 36.1 Å². The van der Waals surface area contributed by atoms with Crippen LogP contribution < -0.4 is 20.5 Å². The molecule has 0 spiro atoms. The number of aromatic nitrogens is 2. The Balaban J connectivity index is 1.57. The van der Waals surface area contributed by atoms with E-state index in [4.69, 9.17) is 15.2 Å². The van der Waals surface area contributed by atoms with Crippen LogP contribution in [0.2, 0.25) is 0 Å². The first-order chi connectivity index (χ1) is 12.5. The van der Waals surface area contributed by atoms with Crippen molar-refractivity contribution in [3.8, 4) is 11.5 Å². The van der Waals surface area contributed by atoms with E-state index in [9.17, 15) is 4.79 Å². The molecule has 0 bridgehead atoms. The molecule has 1 aromatic carbocycles. The lowest BCUT2D eigenvalue weighted by molar-refractivity contribution is -0.120. The van der Waals surface area contributed by atoms with Crippen LogP contribution >= 0.6 is 0 Å². The summed E-state index contributed by atoms with van der Waals surface area (Å²) in [4.78, 5) is 20.6. The van der Waals surface area contributed by atoms with E-state index >= 15 is 0 Å². The Morgan fingerprint density at radius 3 is 2.77 bits per heavy atom. The number of carbonyl (C=O) groups excluding carboxylic acids is 1. The lowest BCUT2D eigenvalue weighted by atomic mass is 9.96. The molecule has 0 fully saturated rings. The van der Waals surface area contributed by atoms with Crippen molar-refractivity contribution in [2.45, 2.75) is 26.7 Å². The number of ether oxygens (including phenoxy) is 2. The van der Waals surface area contributed by atoms with Gasteiger partial charge in [-0.1, -0.05) is 12.1 Å². The van der Waals surface area contributed by atoms with E-state index in [1.54, 1.807) is 7.11 Å². The van der Waals surface area contributed by atoms with Crippen molar-refractivity contribution in [3.63, 3.8) is 0 Å². The average Bonchev–Trinajstić information content (AvgIpc) is 2.62. The number of nitrogens with zero attached hydrogens (tertiary/aromatic N) is 2. The summed E-state index contributed by atoms with van der Waals surface area (Å²) in [7, 11) is 1.64. The van der Waals surface area contributed by atoms with Gasteiger partial charge in [0.25, 0.3) is 0 Å². The molecule has 1 aromatic heterocycles. The Morgan fingerprint density at radius 2 is 2.08 bits per heavy atom. The van der Waals surface area contributed by atoms with E-state index in [1.165, 1.54) is 0 Å². The van der Waals surface area contributed by atoms with Gasteiger partial charge in [-0.3, -0.25) is 4.79 Å². The third-order valence-corrected chi connectivity index (χ3v) is 4.62. The van der Waals surface area contributed by atoms with Crippen molar-refractivity contribution in [2.24, 2.45) is 5.92 Å². The lowest BCUT2D eigenvalue weighted by Gasteiger charge is -2.26. The molecule has 3 N–H and O–H groups in total. The maximum absolute atomic E-state index is 12.3. The van der Waals surface area contributed by atoms with Gasteiger partial charge in [-0.05, 0) is 31.9 Å². The molecule has 26 heavy (non-hydrogen) atoms. The van der Waals surface area contributed by atoms with Crippen molar-refractivity contribution in [1.29, 1.82) is 0 Å². The van der Waals surface area contributed by atoms with Crippen molar-refractivity contribution in [1.82, 2.24) is 15.3 Å². The maximum Gasteiger partial charge on any atom is 0.224 e. The molecule has 0 saturated heterocycles. The number of nitrogens with two attached hydrogens (primary N) is 1. The highest BCUT2D eigenvalue weighted by Crippen LogP contribution is 2.35. The predicted octanol–water partition coefficient (Wildman–Crippen LogP) is 1.59. The summed E-state index contributed by atoms with van der Waals surface area (Å²) >= 11 is 0. The first-order valence-corrected chi connectivity index (χ1v) is 8.63. The van der Waals surface area contributed by atoms with Gasteiger partial charge in [0.1, 0.15) is 0 Å². The number of benzene rings is 1. The number of aryl methyl sites for hydroxylation is 2. The number of amides is 1. The van der Waals surface area contributed by atoms with Crippen LogP contribution in [0.25, 0.3) is 0 Å². The molecule has 138 valence electrons.